The van der Waals surface area contributed by atoms with Crippen molar-refractivity contribution in [1.29, 1.82) is 0 Å². The Labute approximate surface area is 221 Å². The predicted molar refractivity (Wildman–Crippen MR) is 146 cm³/mol. The van der Waals surface area contributed by atoms with Gasteiger partial charge < -0.3 is 0 Å². The van der Waals surface area contributed by atoms with Crippen molar-refractivity contribution < 1.29 is 12.1 Å². The van der Waals surface area contributed by atoms with Gasteiger partial charge in [0.05, 0.1) is 0 Å². The molecule has 0 saturated heterocycles. The number of nitrogens with zero attached hydrogens (tertiary/aromatic N) is 1. The summed E-state index contributed by atoms with van der Waals surface area (Å²) in [6.45, 7) is 18.9. The average Bonchev–Trinajstić information content (AvgIpc) is 2.76. The molecule has 0 radical (unpaired) electrons. The Morgan fingerprint density at radius 2 is 0.882 bits per heavy atom. The zero-order valence-corrected chi connectivity index (χ0v) is 24.6. The molecular weight excluding hydrogens is 508 g/mol. The van der Waals surface area contributed by atoms with E-state index in [1.165, 1.54) is 33.4 Å². The molecule has 0 aliphatic rings. The maximum atomic E-state index is 6.89. The van der Waals surface area contributed by atoms with Crippen molar-refractivity contribution in [2.45, 2.75) is 91.1 Å². The fourth-order valence-corrected chi connectivity index (χ4v) is 6.29. The molecule has 0 fully saturated rings. The fraction of sp³-hybridized carbons (Fsp3) is 0.571. The third-order valence-electron chi connectivity index (χ3n) is 6.51. The van der Waals surface area contributed by atoms with Gasteiger partial charge in [-0.25, -0.2) is 0 Å². The molecule has 194 valence electrons. The van der Waals surface area contributed by atoms with E-state index < -0.39 is 12.1 Å². The SMILES string of the molecule is CC(C)c1cccc(C(C)C)c1C(N)C[N](CC(N)c1c(C(C)C)cccc1C(C)C)[Co]([Cl])[Cl]. The molecule has 0 aliphatic heterocycles. The molecule has 2 atom stereocenters. The maximum absolute atomic E-state index is 6.89. The van der Waals surface area contributed by atoms with Gasteiger partial charge in [0.25, 0.3) is 0 Å². The van der Waals surface area contributed by atoms with Gasteiger partial charge in [0.1, 0.15) is 0 Å². The number of benzene rings is 2. The number of hydrogen-bond donors (Lipinski definition) is 2. The number of halogens is 2. The molecule has 0 spiro atoms. The van der Waals surface area contributed by atoms with E-state index in [1.54, 1.807) is 0 Å². The van der Waals surface area contributed by atoms with Gasteiger partial charge in [0, 0.05) is 0 Å². The van der Waals surface area contributed by atoms with Crippen molar-refractivity contribution in [2.75, 3.05) is 13.1 Å². The first kappa shape index (κ1) is 29.6. The summed E-state index contributed by atoms with van der Waals surface area (Å²) in [7, 11) is 13.1. The summed E-state index contributed by atoms with van der Waals surface area (Å²) in [4.78, 5) is 0. The topological polar surface area (TPSA) is 55.3 Å². The first-order valence-corrected chi connectivity index (χ1v) is 15.7. The van der Waals surface area contributed by atoms with Crippen molar-refractivity contribution in [3.8, 4) is 0 Å². The van der Waals surface area contributed by atoms with Crippen molar-refractivity contribution in [1.82, 2.24) is 3.95 Å². The Bertz CT molecular complexity index is 804. The Morgan fingerprint density at radius 3 is 1.09 bits per heavy atom. The predicted octanol–water partition coefficient (Wildman–Crippen LogP) is 8.02. The summed E-state index contributed by atoms with van der Waals surface area (Å²) >= 11 is -1.37. The molecule has 34 heavy (non-hydrogen) atoms. The van der Waals surface area contributed by atoms with Crippen molar-refractivity contribution in [2.24, 2.45) is 11.5 Å². The molecule has 4 N–H and O–H groups in total. The second-order valence-electron chi connectivity index (χ2n) is 10.5. The zero-order chi connectivity index (χ0) is 25.7. The first-order valence-electron chi connectivity index (χ1n) is 12.4. The Morgan fingerprint density at radius 1 is 0.618 bits per heavy atom. The Balaban J connectivity index is 2.41. The molecule has 0 aliphatic carbocycles. The second kappa shape index (κ2) is 13.1. The van der Waals surface area contributed by atoms with E-state index in [0.29, 0.717) is 36.8 Å². The summed E-state index contributed by atoms with van der Waals surface area (Å²) in [6, 6.07) is 12.7. The van der Waals surface area contributed by atoms with Gasteiger partial charge in [-0.2, -0.15) is 0 Å². The van der Waals surface area contributed by atoms with Crippen LogP contribution in [0.15, 0.2) is 36.4 Å². The van der Waals surface area contributed by atoms with Crippen LogP contribution in [0.3, 0.4) is 0 Å². The third-order valence-corrected chi connectivity index (χ3v) is 8.70. The minimum atomic E-state index is -1.37. The van der Waals surface area contributed by atoms with Gasteiger partial charge >= 0.3 is 222 Å². The van der Waals surface area contributed by atoms with E-state index in [-0.39, 0.29) is 12.1 Å². The van der Waals surface area contributed by atoms with E-state index in [0.717, 1.165) is 0 Å². The van der Waals surface area contributed by atoms with Crippen LogP contribution in [0, 0.1) is 0 Å². The monoisotopic (exact) mass is 551 g/mol. The molecule has 2 aromatic carbocycles. The van der Waals surface area contributed by atoms with Crippen molar-refractivity contribution in [3.05, 3.63) is 69.8 Å². The van der Waals surface area contributed by atoms with Crippen LogP contribution in [0.2, 0.25) is 0 Å². The van der Waals surface area contributed by atoms with Crippen LogP contribution in [0.25, 0.3) is 0 Å². The molecule has 0 aromatic heterocycles. The van der Waals surface area contributed by atoms with Crippen LogP contribution in [0.1, 0.15) is 125 Å². The molecule has 2 aromatic rings. The molecular formula is C28H44Cl2CoN3. The van der Waals surface area contributed by atoms with E-state index >= 15 is 0 Å². The summed E-state index contributed by atoms with van der Waals surface area (Å²) in [5, 5.41) is 0. The number of nitrogens with two attached hydrogens (primary N) is 2. The van der Waals surface area contributed by atoms with Gasteiger partial charge in [0.2, 0.25) is 0 Å². The number of rotatable bonds is 11. The van der Waals surface area contributed by atoms with E-state index in [9.17, 15) is 0 Å². The third kappa shape index (κ3) is 7.22. The van der Waals surface area contributed by atoms with Gasteiger partial charge in [-0.1, -0.05) is 0 Å². The average molecular weight is 553 g/mol. The normalized spacial score (nSPS) is 14.6. The van der Waals surface area contributed by atoms with Crippen LogP contribution < -0.4 is 11.5 Å². The van der Waals surface area contributed by atoms with Crippen molar-refractivity contribution >= 4 is 20.3 Å². The Hall–Kier alpha value is -0.594. The minimum absolute atomic E-state index is 0.199. The molecule has 3 nitrogen and oxygen atoms in total. The molecule has 6 heteroatoms. The van der Waals surface area contributed by atoms with E-state index in [2.05, 4.69) is 95.7 Å². The van der Waals surface area contributed by atoms with E-state index in [1.807, 2.05) is 0 Å². The van der Waals surface area contributed by atoms with Crippen LogP contribution >= 0.6 is 20.3 Å². The van der Waals surface area contributed by atoms with E-state index in [4.69, 9.17) is 31.8 Å². The van der Waals surface area contributed by atoms with Gasteiger partial charge in [-0.05, 0) is 0 Å². The van der Waals surface area contributed by atoms with Gasteiger partial charge in [-0.3, -0.25) is 0 Å². The van der Waals surface area contributed by atoms with Crippen LogP contribution in [0.4, 0.5) is 0 Å². The standard InChI is InChI=1S/C28H44N3.2ClH.Co/c1-17(2)21-11-9-12-22(18(3)4)27(21)25(29)15-31-16-26(30)28-23(19(5)6)13-10-14-24(28)20(7)8;;;/h9-14,17-20,25-26H,15-16,29-30H2,1-8H3;2*1H;/q-1;;;+3/p-2. The summed E-state index contributed by atoms with van der Waals surface area (Å²) < 4.78 is 2.08. The second-order valence-corrected chi connectivity index (χ2v) is 14.2. The quantitative estimate of drug-likeness (QED) is 0.297. The molecule has 2 rings (SSSR count). The fourth-order valence-electron chi connectivity index (χ4n) is 4.83. The van der Waals surface area contributed by atoms with Gasteiger partial charge in [0.15, 0.2) is 0 Å². The molecule has 2 unspecified atom stereocenters. The summed E-state index contributed by atoms with van der Waals surface area (Å²) in [6.07, 6.45) is 0. The molecule has 0 saturated carbocycles. The number of hydrogen-bond acceptors (Lipinski definition) is 3. The van der Waals surface area contributed by atoms with Crippen LogP contribution in [0.5, 0.6) is 0 Å². The molecule has 0 bridgehead atoms. The van der Waals surface area contributed by atoms with Crippen molar-refractivity contribution in [3.63, 3.8) is 0 Å². The zero-order valence-electron chi connectivity index (χ0n) is 22.0. The molecule has 0 amide bonds. The summed E-state index contributed by atoms with van der Waals surface area (Å²) in [5.74, 6) is 1.54. The Kier molecular flexibility index (Phi) is 11.4. The molecule has 0 heterocycles. The van der Waals surface area contributed by atoms with Crippen LogP contribution in [-0.2, 0) is 12.1 Å². The summed E-state index contributed by atoms with van der Waals surface area (Å²) in [5.41, 5.74) is 21.4. The van der Waals surface area contributed by atoms with Gasteiger partial charge in [-0.15, -0.1) is 0 Å². The van der Waals surface area contributed by atoms with Crippen LogP contribution in [-0.4, -0.2) is 17.0 Å². The first-order chi connectivity index (χ1) is 15.9.